The summed E-state index contributed by atoms with van der Waals surface area (Å²) >= 11 is 0. The molecular weight excluding hydrogens is 208 g/mol. The Balaban J connectivity index is 2.13. The summed E-state index contributed by atoms with van der Waals surface area (Å²) in [5.41, 5.74) is 1.75. The van der Waals surface area contributed by atoms with E-state index in [1.165, 1.54) is 0 Å². The molecule has 84 valence electrons. The van der Waals surface area contributed by atoms with Crippen molar-refractivity contribution >= 4 is 11.9 Å². The topological polar surface area (TPSA) is 52.6 Å². The standard InChI is InChI=1S/C12H12O4/c1-2-10(13)16-12(14)11-9-6-4-3-5-8(9)7-15-11/h3-6,11H,2,7H2,1H3. The number of benzene rings is 1. The first-order chi connectivity index (χ1) is 7.72. The molecule has 1 aliphatic heterocycles. The van der Waals surface area contributed by atoms with Crippen molar-refractivity contribution in [1.29, 1.82) is 0 Å². The molecule has 0 aromatic heterocycles. The van der Waals surface area contributed by atoms with Gasteiger partial charge in [-0.3, -0.25) is 4.79 Å². The molecule has 16 heavy (non-hydrogen) atoms. The number of carbonyl (C=O) groups is 2. The monoisotopic (exact) mass is 220 g/mol. The van der Waals surface area contributed by atoms with Crippen LogP contribution in [-0.2, 0) is 25.7 Å². The van der Waals surface area contributed by atoms with Crippen molar-refractivity contribution in [3.8, 4) is 0 Å². The molecule has 2 rings (SSSR count). The number of ether oxygens (including phenoxy) is 2. The maximum Gasteiger partial charge on any atom is 0.347 e. The summed E-state index contributed by atoms with van der Waals surface area (Å²) in [4.78, 5) is 22.6. The Hall–Kier alpha value is -1.68. The van der Waals surface area contributed by atoms with Crippen molar-refractivity contribution in [2.75, 3.05) is 0 Å². The van der Waals surface area contributed by atoms with E-state index in [4.69, 9.17) is 4.74 Å². The normalized spacial score (nSPS) is 17.9. The average molecular weight is 220 g/mol. The van der Waals surface area contributed by atoms with Crippen LogP contribution in [0, 0.1) is 0 Å². The second-order valence-corrected chi connectivity index (χ2v) is 3.54. The highest BCUT2D eigenvalue weighted by atomic mass is 16.6. The van der Waals surface area contributed by atoms with Crippen LogP contribution in [0.15, 0.2) is 24.3 Å². The number of hydrogen-bond acceptors (Lipinski definition) is 4. The fourth-order valence-electron chi connectivity index (χ4n) is 1.62. The van der Waals surface area contributed by atoms with Crippen molar-refractivity contribution < 1.29 is 19.1 Å². The van der Waals surface area contributed by atoms with Gasteiger partial charge in [-0.05, 0) is 11.1 Å². The van der Waals surface area contributed by atoms with Gasteiger partial charge in [-0.15, -0.1) is 0 Å². The zero-order valence-corrected chi connectivity index (χ0v) is 8.93. The van der Waals surface area contributed by atoms with E-state index in [2.05, 4.69) is 4.74 Å². The summed E-state index contributed by atoms with van der Waals surface area (Å²) < 4.78 is 9.94. The molecule has 4 nitrogen and oxygen atoms in total. The van der Waals surface area contributed by atoms with E-state index in [1.54, 1.807) is 6.92 Å². The molecule has 1 heterocycles. The van der Waals surface area contributed by atoms with E-state index >= 15 is 0 Å². The Labute approximate surface area is 93.2 Å². The number of esters is 2. The SMILES string of the molecule is CCC(=O)OC(=O)C1OCc2ccccc21. The molecule has 1 aromatic rings. The molecule has 1 aromatic carbocycles. The fraction of sp³-hybridized carbons (Fsp3) is 0.333. The maximum absolute atomic E-state index is 11.6. The van der Waals surface area contributed by atoms with Crippen molar-refractivity contribution in [3.63, 3.8) is 0 Å². The van der Waals surface area contributed by atoms with Crippen LogP contribution in [0.2, 0.25) is 0 Å². The van der Waals surface area contributed by atoms with Crippen LogP contribution < -0.4 is 0 Å². The van der Waals surface area contributed by atoms with E-state index < -0.39 is 18.0 Å². The summed E-state index contributed by atoms with van der Waals surface area (Å²) in [6.45, 7) is 2.02. The van der Waals surface area contributed by atoms with Crippen molar-refractivity contribution in [2.45, 2.75) is 26.1 Å². The molecule has 0 radical (unpaired) electrons. The van der Waals surface area contributed by atoms with Gasteiger partial charge in [0.25, 0.3) is 0 Å². The molecule has 1 aliphatic rings. The molecule has 0 N–H and O–H groups in total. The van der Waals surface area contributed by atoms with Gasteiger partial charge in [0, 0.05) is 6.42 Å². The maximum atomic E-state index is 11.6. The highest BCUT2D eigenvalue weighted by Crippen LogP contribution is 2.31. The quantitative estimate of drug-likeness (QED) is 0.562. The first-order valence-corrected chi connectivity index (χ1v) is 5.16. The lowest BCUT2D eigenvalue weighted by molar-refractivity contribution is -0.167. The van der Waals surface area contributed by atoms with Gasteiger partial charge in [0.2, 0.25) is 0 Å². The third-order valence-electron chi connectivity index (χ3n) is 2.46. The number of rotatable bonds is 2. The van der Waals surface area contributed by atoms with Crippen LogP contribution in [-0.4, -0.2) is 11.9 Å². The van der Waals surface area contributed by atoms with Gasteiger partial charge in [-0.25, -0.2) is 4.79 Å². The summed E-state index contributed by atoms with van der Waals surface area (Å²) in [6.07, 6.45) is -0.577. The van der Waals surface area contributed by atoms with Gasteiger partial charge >= 0.3 is 11.9 Å². The Morgan fingerprint density at radius 3 is 2.94 bits per heavy atom. The zero-order chi connectivity index (χ0) is 11.5. The number of hydrogen-bond donors (Lipinski definition) is 0. The van der Waals surface area contributed by atoms with E-state index in [0.29, 0.717) is 6.61 Å². The van der Waals surface area contributed by atoms with E-state index in [-0.39, 0.29) is 6.42 Å². The lowest BCUT2D eigenvalue weighted by Gasteiger charge is -2.08. The lowest BCUT2D eigenvalue weighted by atomic mass is 10.1. The van der Waals surface area contributed by atoms with Crippen LogP contribution in [0.5, 0.6) is 0 Å². The molecule has 4 heteroatoms. The summed E-state index contributed by atoms with van der Waals surface area (Å²) in [7, 11) is 0. The molecule has 0 spiro atoms. The summed E-state index contributed by atoms with van der Waals surface area (Å²) in [5.74, 6) is -1.16. The van der Waals surface area contributed by atoms with Crippen LogP contribution in [0.3, 0.4) is 0 Å². The molecule has 0 saturated carbocycles. The second kappa shape index (κ2) is 4.45. The lowest BCUT2D eigenvalue weighted by Crippen LogP contribution is -2.18. The van der Waals surface area contributed by atoms with Crippen molar-refractivity contribution in [1.82, 2.24) is 0 Å². The highest BCUT2D eigenvalue weighted by molar-refractivity contribution is 5.88. The van der Waals surface area contributed by atoms with Crippen LogP contribution in [0.25, 0.3) is 0 Å². The third-order valence-corrected chi connectivity index (χ3v) is 2.46. The Bertz CT molecular complexity index is 425. The van der Waals surface area contributed by atoms with Crippen LogP contribution in [0.1, 0.15) is 30.6 Å². The van der Waals surface area contributed by atoms with Gasteiger partial charge < -0.3 is 9.47 Å². The largest absolute Gasteiger partial charge is 0.391 e. The van der Waals surface area contributed by atoms with Gasteiger partial charge in [-0.1, -0.05) is 31.2 Å². The van der Waals surface area contributed by atoms with E-state index in [9.17, 15) is 9.59 Å². The van der Waals surface area contributed by atoms with Gasteiger partial charge in [-0.2, -0.15) is 0 Å². The van der Waals surface area contributed by atoms with E-state index in [0.717, 1.165) is 11.1 Å². The van der Waals surface area contributed by atoms with Crippen LogP contribution in [0.4, 0.5) is 0 Å². The predicted octanol–water partition coefficient (Wildman–Crippen LogP) is 1.74. The third kappa shape index (κ3) is 1.97. The number of carbonyl (C=O) groups excluding carboxylic acids is 2. The predicted molar refractivity (Wildman–Crippen MR) is 55.4 cm³/mol. The fourth-order valence-corrected chi connectivity index (χ4v) is 1.62. The minimum Gasteiger partial charge on any atom is -0.391 e. The molecule has 0 saturated heterocycles. The van der Waals surface area contributed by atoms with E-state index in [1.807, 2.05) is 24.3 Å². The van der Waals surface area contributed by atoms with Crippen molar-refractivity contribution in [2.24, 2.45) is 0 Å². The molecule has 0 fully saturated rings. The molecule has 0 amide bonds. The molecule has 1 unspecified atom stereocenters. The first-order valence-electron chi connectivity index (χ1n) is 5.16. The van der Waals surface area contributed by atoms with Crippen LogP contribution >= 0.6 is 0 Å². The first kappa shape index (κ1) is 10.8. The summed E-state index contributed by atoms with van der Waals surface area (Å²) in [5, 5.41) is 0. The average Bonchev–Trinajstić information content (AvgIpc) is 2.72. The Morgan fingerprint density at radius 1 is 1.44 bits per heavy atom. The molecule has 0 aliphatic carbocycles. The minimum absolute atomic E-state index is 0.181. The smallest absolute Gasteiger partial charge is 0.347 e. The van der Waals surface area contributed by atoms with Gasteiger partial charge in [0.15, 0.2) is 6.10 Å². The van der Waals surface area contributed by atoms with Gasteiger partial charge in [0.05, 0.1) is 6.61 Å². The number of fused-ring (bicyclic) bond motifs is 1. The highest BCUT2D eigenvalue weighted by Gasteiger charge is 2.31. The molecule has 0 bridgehead atoms. The summed E-state index contributed by atoms with van der Waals surface area (Å²) in [6, 6.07) is 7.41. The Kier molecular flexibility index (Phi) is 3.01. The Morgan fingerprint density at radius 2 is 2.19 bits per heavy atom. The minimum atomic E-state index is -0.758. The van der Waals surface area contributed by atoms with Gasteiger partial charge in [0.1, 0.15) is 0 Å². The van der Waals surface area contributed by atoms with Crippen molar-refractivity contribution in [3.05, 3.63) is 35.4 Å². The molecular formula is C12H12O4. The second-order valence-electron chi connectivity index (χ2n) is 3.54. The zero-order valence-electron chi connectivity index (χ0n) is 8.93. The molecule has 1 atom stereocenters.